The van der Waals surface area contributed by atoms with Crippen LogP contribution in [0.15, 0.2) is 64.4 Å². The summed E-state index contributed by atoms with van der Waals surface area (Å²) in [6.07, 6.45) is 1.86. The highest BCUT2D eigenvalue weighted by Crippen LogP contribution is 2.29. The number of para-hydroxylation sites is 1. The number of sulfonamides is 1. The Bertz CT molecular complexity index is 1200. The van der Waals surface area contributed by atoms with Crippen LogP contribution in [0.5, 0.6) is 0 Å². The third-order valence-corrected chi connectivity index (χ3v) is 9.62. The van der Waals surface area contributed by atoms with E-state index in [-0.39, 0.29) is 34.7 Å². The summed E-state index contributed by atoms with van der Waals surface area (Å²) in [5, 5.41) is 0. The number of piperazine rings is 1. The lowest BCUT2D eigenvalue weighted by Crippen LogP contribution is -2.52. The second-order valence-corrected chi connectivity index (χ2v) is 12.4. The molecule has 2 aliphatic rings. The Labute approximate surface area is 195 Å². The summed E-state index contributed by atoms with van der Waals surface area (Å²) in [6.45, 7) is 3.22. The number of anilines is 1. The highest BCUT2D eigenvalue weighted by molar-refractivity contribution is 7.93. The summed E-state index contributed by atoms with van der Waals surface area (Å²) in [5.74, 6) is -0.138. The van der Waals surface area contributed by atoms with Gasteiger partial charge in [-0.2, -0.15) is 4.31 Å². The molecular formula is C23H29N3O5S2. The van der Waals surface area contributed by atoms with Gasteiger partial charge in [-0.15, -0.1) is 0 Å². The minimum absolute atomic E-state index is 0.0799. The minimum Gasteiger partial charge on any atom is -0.368 e. The first kappa shape index (κ1) is 23.7. The molecule has 0 radical (unpaired) electrons. The smallest absolute Gasteiger partial charge is 0.244 e. The number of benzene rings is 2. The van der Waals surface area contributed by atoms with Crippen LogP contribution in [0.2, 0.25) is 0 Å². The van der Waals surface area contributed by atoms with Crippen LogP contribution in [0.4, 0.5) is 5.69 Å². The number of carbonyl (C=O) groups excluding carboxylic acids is 1. The first-order valence-corrected chi connectivity index (χ1v) is 14.4. The molecule has 2 saturated heterocycles. The van der Waals surface area contributed by atoms with Crippen molar-refractivity contribution in [3.63, 3.8) is 0 Å². The Morgan fingerprint density at radius 3 is 1.88 bits per heavy atom. The number of carbonyl (C=O) groups is 1. The summed E-state index contributed by atoms with van der Waals surface area (Å²) < 4.78 is 51.8. The van der Waals surface area contributed by atoms with E-state index in [1.165, 1.54) is 28.6 Å². The summed E-state index contributed by atoms with van der Waals surface area (Å²) in [7, 11) is -7.65. The maximum Gasteiger partial charge on any atom is 0.244 e. The van der Waals surface area contributed by atoms with Gasteiger partial charge >= 0.3 is 0 Å². The van der Waals surface area contributed by atoms with Crippen molar-refractivity contribution >= 4 is 31.5 Å². The zero-order chi connectivity index (χ0) is 23.6. The third kappa shape index (κ3) is 5.07. The lowest BCUT2D eigenvalue weighted by molar-refractivity contribution is -0.137. The van der Waals surface area contributed by atoms with Gasteiger partial charge in [0.2, 0.25) is 15.9 Å². The lowest BCUT2D eigenvalue weighted by atomic mass is 9.96. The fourth-order valence-corrected chi connectivity index (χ4v) is 7.61. The van der Waals surface area contributed by atoms with E-state index in [0.29, 0.717) is 25.9 Å². The Balaban J connectivity index is 1.37. The third-order valence-electron chi connectivity index (χ3n) is 6.38. The molecule has 0 spiro atoms. The highest BCUT2D eigenvalue weighted by Gasteiger charge is 2.36. The van der Waals surface area contributed by atoms with E-state index < -0.39 is 19.9 Å². The molecule has 2 heterocycles. The monoisotopic (exact) mass is 491 g/mol. The van der Waals surface area contributed by atoms with Crippen LogP contribution < -0.4 is 4.90 Å². The number of nitrogens with zero attached hydrogens (tertiary/aromatic N) is 3. The van der Waals surface area contributed by atoms with Crippen LogP contribution in [-0.4, -0.2) is 77.5 Å². The van der Waals surface area contributed by atoms with Gasteiger partial charge in [-0.25, -0.2) is 16.8 Å². The van der Waals surface area contributed by atoms with Crippen molar-refractivity contribution in [1.29, 1.82) is 0 Å². The zero-order valence-corrected chi connectivity index (χ0v) is 20.3. The average Bonchev–Trinajstić information content (AvgIpc) is 2.84. The highest BCUT2D eigenvalue weighted by atomic mass is 32.2. The molecule has 2 aromatic rings. The number of amides is 1. The predicted octanol–water partition coefficient (Wildman–Crippen LogP) is 1.84. The molecule has 178 valence electrons. The van der Waals surface area contributed by atoms with Gasteiger partial charge in [0.25, 0.3) is 0 Å². The molecule has 4 rings (SSSR count). The van der Waals surface area contributed by atoms with Crippen LogP contribution >= 0.6 is 0 Å². The number of sulfone groups is 1. The van der Waals surface area contributed by atoms with E-state index in [1.54, 1.807) is 0 Å². The van der Waals surface area contributed by atoms with Crippen molar-refractivity contribution in [3.8, 4) is 0 Å². The van der Waals surface area contributed by atoms with Gasteiger partial charge in [-0.1, -0.05) is 30.3 Å². The molecule has 2 fully saturated rings. The number of piperidine rings is 1. The van der Waals surface area contributed by atoms with Gasteiger partial charge < -0.3 is 9.80 Å². The number of rotatable bonds is 5. The molecule has 1 amide bonds. The normalized spacial score (nSPS) is 18.9. The second kappa shape index (κ2) is 9.44. The number of hydrogen-bond acceptors (Lipinski definition) is 6. The van der Waals surface area contributed by atoms with Crippen LogP contribution in [0, 0.1) is 5.92 Å². The van der Waals surface area contributed by atoms with E-state index >= 15 is 0 Å². The molecule has 0 aromatic heterocycles. The van der Waals surface area contributed by atoms with E-state index in [0.717, 1.165) is 25.0 Å². The van der Waals surface area contributed by atoms with Crippen molar-refractivity contribution in [1.82, 2.24) is 9.21 Å². The van der Waals surface area contributed by atoms with Crippen molar-refractivity contribution in [3.05, 3.63) is 54.6 Å². The van der Waals surface area contributed by atoms with Crippen molar-refractivity contribution in [2.75, 3.05) is 50.4 Å². The van der Waals surface area contributed by atoms with Gasteiger partial charge in [0, 0.05) is 57.1 Å². The molecule has 8 nitrogen and oxygen atoms in total. The predicted molar refractivity (Wildman–Crippen MR) is 126 cm³/mol. The van der Waals surface area contributed by atoms with Crippen LogP contribution in [-0.2, 0) is 24.7 Å². The zero-order valence-electron chi connectivity index (χ0n) is 18.6. The Morgan fingerprint density at radius 1 is 0.758 bits per heavy atom. The average molecular weight is 492 g/mol. The quantitative estimate of drug-likeness (QED) is 0.634. The molecule has 0 aliphatic carbocycles. The molecule has 0 bridgehead atoms. The van der Waals surface area contributed by atoms with Gasteiger partial charge in [-0.3, -0.25) is 4.79 Å². The maximum atomic E-state index is 13.2. The van der Waals surface area contributed by atoms with Crippen LogP contribution in [0.1, 0.15) is 12.8 Å². The van der Waals surface area contributed by atoms with Gasteiger partial charge in [0.15, 0.2) is 9.84 Å². The van der Waals surface area contributed by atoms with Gasteiger partial charge in [0.05, 0.1) is 4.90 Å². The molecule has 2 aliphatic heterocycles. The Kier molecular flexibility index (Phi) is 6.78. The van der Waals surface area contributed by atoms with Crippen LogP contribution in [0.25, 0.3) is 0 Å². The molecule has 0 unspecified atom stereocenters. The fourth-order valence-electron chi connectivity index (χ4n) is 4.53. The Morgan fingerprint density at radius 2 is 1.30 bits per heavy atom. The molecular weight excluding hydrogens is 462 g/mol. The topological polar surface area (TPSA) is 95.1 Å². The fraction of sp³-hybridized carbons (Fsp3) is 0.435. The summed E-state index contributed by atoms with van der Waals surface area (Å²) in [5.41, 5.74) is 1.15. The van der Waals surface area contributed by atoms with Gasteiger partial charge in [-0.05, 0) is 37.1 Å². The molecule has 0 saturated carbocycles. The lowest BCUT2D eigenvalue weighted by Gasteiger charge is -2.39. The maximum absolute atomic E-state index is 13.2. The minimum atomic E-state index is -3.97. The van der Waals surface area contributed by atoms with Gasteiger partial charge in [0.1, 0.15) is 4.90 Å². The molecule has 10 heteroatoms. The van der Waals surface area contributed by atoms with Crippen LogP contribution in [0.3, 0.4) is 0 Å². The SMILES string of the molecule is CS(=O)(=O)c1ccccc1S(=O)(=O)N1CCC(C(=O)N2CCN(c3ccccc3)CC2)CC1. The molecule has 2 aromatic carbocycles. The van der Waals surface area contributed by atoms with E-state index in [4.69, 9.17) is 0 Å². The largest absolute Gasteiger partial charge is 0.368 e. The standard InChI is InChI=1S/C23H29N3O5S2/c1-32(28,29)21-9-5-6-10-22(21)33(30,31)26-13-11-19(12-14-26)23(27)25-17-15-24(16-18-25)20-7-3-2-4-8-20/h2-10,19H,11-18H2,1H3. The number of hydrogen-bond donors (Lipinski definition) is 0. The summed E-state index contributed by atoms with van der Waals surface area (Å²) >= 11 is 0. The molecule has 0 atom stereocenters. The van der Waals surface area contributed by atoms with E-state index in [9.17, 15) is 21.6 Å². The molecule has 0 N–H and O–H groups in total. The first-order valence-electron chi connectivity index (χ1n) is 11.1. The van der Waals surface area contributed by atoms with Crippen molar-refractivity contribution in [2.24, 2.45) is 5.92 Å². The summed E-state index contributed by atoms with van der Waals surface area (Å²) in [6, 6.07) is 15.8. The van der Waals surface area contributed by atoms with Crippen molar-refractivity contribution in [2.45, 2.75) is 22.6 Å². The van der Waals surface area contributed by atoms with E-state index in [1.807, 2.05) is 23.1 Å². The second-order valence-electron chi connectivity index (χ2n) is 8.55. The van der Waals surface area contributed by atoms with E-state index in [2.05, 4.69) is 17.0 Å². The molecule has 33 heavy (non-hydrogen) atoms. The Hall–Kier alpha value is -2.43. The first-order chi connectivity index (χ1) is 15.7. The van der Waals surface area contributed by atoms with Crippen molar-refractivity contribution < 1.29 is 21.6 Å². The summed E-state index contributed by atoms with van der Waals surface area (Å²) in [4.78, 5) is 16.8.